The van der Waals surface area contributed by atoms with Gasteiger partial charge in [0.05, 0.1) is 6.33 Å². The van der Waals surface area contributed by atoms with Crippen LogP contribution in [0.15, 0.2) is 30.6 Å². The lowest BCUT2D eigenvalue weighted by Gasteiger charge is -2.37. The highest BCUT2D eigenvalue weighted by Crippen LogP contribution is 2.20. The third-order valence-electron chi connectivity index (χ3n) is 4.73. The van der Waals surface area contributed by atoms with Gasteiger partial charge >= 0.3 is 0 Å². The number of H-pyrrole nitrogens is 1. The van der Waals surface area contributed by atoms with Crippen LogP contribution in [-0.2, 0) is 6.54 Å². The first-order chi connectivity index (χ1) is 11.6. The zero-order valence-corrected chi connectivity index (χ0v) is 14.1. The average molecular weight is 330 g/mol. The van der Waals surface area contributed by atoms with E-state index in [0.29, 0.717) is 17.8 Å². The molecule has 1 atom stereocenters. The molecule has 5 nitrogen and oxygen atoms in total. The van der Waals surface area contributed by atoms with Gasteiger partial charge in [0, 0.05) is 37.4 Å². The fourth-order valence-corrected chi connectivity index (χ4v) is 3.27. The molecule has 1 amide bonds. The van der Waals surface area contributed by atoms with Crippen molar-refractivity contribution < 1.29 is 9.18 Å². The van der Waals surface area contributed by atoms with E-state index in [0.717, 1.165) is 31.6 Å². The van der Waals surface area contributed by atoms with Gasteiger partial charge in [0.2, 0.25) is 0 Å². The van der Waals surface area contributed by atoms with E-state index in [1.807, 2.05) is 26.1 Å². The Morgan fingerprint density at radius 1 is 1.46 bits per heavy atom. The fourth-order valence-electron chi connectivity index (χ4n) is 3.27. The van der Waals surface area contributed by atoms with Gasteiger partial charge in [0.15, 0.2) is 0 Å². The maximum Gasteiger partial charge on any atom is 0.274 e. The number of rotatable bonds is 4. The third-order valence-corrected chi connectivity index (χ3v) is 4.73. The molecule has 0 saturated carbocycles. The number of imidazole rings is 1. The van der Waals surface area contributed by atoms with Crippen LogP contribution in [0.4, 0.5) is 4.39 Å². The van der Waals surface area contributed by atoms with E-state index in [9.17, 15) is 9.18 Å². The Balaban J connectivity index is 1.66. The second-order valence-electron chi connectivity index (χ2n) is 6.41. The Kier molecular flexibility index (Phi) is 4.94. The van der Waals surface area contributed by atoms with Crippen LogP contribution in [0.3, 0.4) is 0 Å². The van der Waals surface area contributed by atoms with Crippen molar-refractivity contribution in [2.24, 2.45) is 0 Å². The van der Waals surface area contributed by atoms with Gasteiger partial charge in [-0.1, -0.05) is 18.2 Å². The Bertz CT molecular complexity index is 715. The molecule has 0 aliphatic carbocycles. The molecule has 0 bridgehead atoms. The van der Waals surface area contributed by atoms with E-state index in [4.69, 9.17) is 0 Å². The van der Waals surface area contributed by atoms with Gasteiger partial charge < -0.3 is 9.88 Å². The summed E-state index contributed by atoms with van der Waals surface area (Å²) in [7, 11) is 1.83. The van der Waals surface area contributed by atoms with E-state index in [1.54, 1.807) is 17.3 Å². The number of aromatic nitrogens is 2. The minimum atomic E-state index is -0.170. The van der Waals surface area contributed by atoms with Crippen LogP contribution in [0.2, 0.25) is 0 Å². The van der Waals surface area contributed by atoms with E-state index >= 15 is 0 Å². The van der Waals surface area contributed by atoms with Crippen LogP contribution in [-0.4, -0.2) is 51.9 Å². The SMILES string of the molecule is Cc1[nH]cnc1C(=O)N(C)[C@H]1CCCN(Cc2ccccc2F)C1. The first kappa shape index (κ1) is 16.6. The van der Waals surface area contributed by atoms with Crippen LogP contribution < -0.4 is 0 Å². The number of likely N-dealkylation sites (N-methyl/N-ethyl adjacent to an activating group) is 1. The highest BCUT2D eigenvalue weighted by Gasteiger charge is 2.28. The smallest absolute Gasteiger partial charge is 0.274 e. The molecule has 0 radical (unpaired) electrons. The molecule has 1 aliphatic heterocycles. The lowest BCUT2D eigenvalue weighted by molar-refractivity contribution is 0.0602. The van der Waals surface area contributed by atoms with Gasteiger partial charge in [-0.25, -0.2) is 9.37 Å². The first-order valence-electron chi connectivity index (χ1n) is 8.29. The van der Waals surface area contributed by atoms with Crippen molar-refractivity contribution >= 4 is 5.91 Å². The minimum absolute atomic E-state index is 0.0634. The van der Waals surface area contributed by atoms with Crippen LogP contribution in [0.25, 0.3) is 0 Å². The number of piperidine rings is 1. The predicted molar refractivity (Wildman–Crippen MR) is 90.1 cm³/mol. The molecule has 1 fully saturated rings. The number of carbonyl (C=O) groups excluding carboxylic acids is 1. The predicted octanol–water partition coefficient (Wildman–Crippen LogP) is 2.59. The molecule has 1 aliphatic rings. The average Bonchev–Trinajstić information content (AvgIpc) is 3.02. The largest absolute Gasteiger partial charge is 0.348 e. The molecule has 24 heavy (non-hydrogen) atoms. The Labute approximate surface area is 141 Å². The second kappa shape index (κ2) is 7.13. The van der Waals surface area contributed by atoms with E-state index < -0.39 is 0 Å². The summed E-state index contributed by atoms with van der Waals surface area (Å²) >= 11 is 0. The van der Waals surface area contributed by atoms with E-state index in [1.165, 1.54) is 6.07 Å². The normalized spacial score (nSPS) is 18.5. The number of hydrogen-bond donors (Lipinski definition) is 1. The van der Waals surface area contributed by atoms with Gasteiger partial charge in [-0.2, -0.15) is 0 Å². The number of carbonyl (C=O) groups is 1. The molecular weight excluding hydrogens is 307 g/mol. The topological polar surface area (TPSA) is 52.2 Å². The van der Waals surface area contributed by atoms with Crippen molar-refractivity contribution in [3.8, 4) is 0 Å². The molecular formula is C18H23FN4O. The molecule has 1 saturated heterocycles. The number of nitrogens with one attached hydrogen (secondary N) is 1. The lowest BCUT2D eigenvalue weighted by Crippen LogP contribution is -2.48. The van der Waals surface area contributed by atoms with Gasteiger partial charge in [-0.3, -0.25) is 9.69 Å². The number of likely N-dealkylation sites (tertiary alicyclic amines) is 1. The summed E-state index contributed by atoms with van der Waals surface area (Å²) in [6.07, 6.45) is 3.50. The monoisotopic (exact) mass is 330 g/mol. The van der Waals surface area contributed by atoms with Crippen molar-refractivity contribution in [3.05, 3.63) is 53.4 Å². The van der Waals surface area contributed by atoms with Crippen LogP contribution in [0, 0.1) is 12.7 Å². The molecule has 3 rings (SSSR count). The summed E-state index contributed by atoms with van der Waals surface area (Å²) < 4.78 is 13.9. The van der Waals surface area contributed by atoms with Crippen LogP contribution in [0.5, 0.6) is 0 Å². The zero-order valence-electron chi connectivity index (χ0n) is 14.1. The molecule has 2 heterocycles. The van der Waals surface area contributed by atoms with Crippen LogP contribution >= 0.6 is 0 Å². The molecule has 128 valence electrons. The number of aryl methyl sites for hydroxylation is 1. The number of amides is 1. The minimum Gasteiger partial charge on any atom is -0.348 e. The molecule has 0 unspecified atom stereocenters. The van der Waals surface area contributed by atoms with E-state index in [-0.39, 0.29) is 17.8 Å². The Hall–Kier alpha value is -2.21. The van der Waals surface area contributed by atoms with Crippen molar-refractivity contribution in [3.63, 3.8) is 0 Å². The van der Waals surface area contributed by atoms with Crippen molar-refractivity contribution in [2.45, 2.75) is 32.4 Å². The first-order valence-corrected chi connectivity index (χ1v) is 8.29. The molecule has 2 aromatic rings. The Morgan fingerprint density at radius 3 is 2.96 bits per heavy atom. The fraction of sp³-hybridized carbons (Fsp3) is 0.444. The summed E-state index contributed by atoms with van der Waals surface area (Å²) in [4.78, 5) is 23.7. The number of halogens is 1. The van der Waals surface area contributed by atoms with E-state index in [2.05, 4.69) is 14.9 Å². The Morgan fingerprint density at radius 2 is 2.25 bits per heavy atom. The highest BCUT2D eigenvalue weighted by atomic mass is 19.1. The summed E-state index contributed by atoms with van der Waals surface area (Å²) in [5.74, 6) is -0.234. The maximum atomic E-state index is 13.9. The summed E-state index contributed by atoms with van der Waals surface area (Å²) in [5, 5.41) is 0. The number of hydrogen-bond acceptors (Lipinski definition) is 3. The van der Waals surface area contributed by atoms with Crippen molar-refractivity contribution in [1.82, 2.24) is 19.8 Å². The molecule has 1 aromatic carbocycles. The third kappa shape index (κ3) is 3.48. The number of aromatic amines is 1. The number of nitrogens with zero attached hydrogens (tertiary/aromatic N) is 3. The number of benzene rings is 1. The second-order valence-corrected chi connectivity index (χ2v) is 6.41. The van der Waals surface area contributed by atoms with Gasteiger partial charge in [0.1, 0.15) is 11.5 Å². The summed E-state index contributed by atoms with van der Waals surface area (Å²) in [6, 6.07) is 6.99. The van der Waals surface area contributed by atoms with Gasteiger partial charge in [0.25, 0.3) is 5.91 Å². The lowest BCUT2D eigenvalue weighted by atomic mass is 10.0. The molecule has 6 heteroatoms. The molecule has 1 aromatic heterocycles. The molecule has 1 N–H and O–H groups in total. The highest BCUT2D eigenvalue weighted by molar-refractivity contribution is 5.93. The standard InChI is InChI=1S/C18H23FN4O/c1-13-17(21-12-20-13)18(24)22(2)15-7-5-9-23(11-15)10-14-6-3-4-8-16(14)19/h3-4,6,8,12,15H,5,7,9-11H2,1-2H3,(H,20,21)/t15-/m0/s1. The van der Waals surface area contributed by atoms with Gasteiger partial charge in [-0.05, 0) is 32.4 Å². The quantitative estimate of drug-likeness (QED) is 0.937. The van der Waals surface area contributed by atoms with Crippen molar-refractivity contribution in [1.29, 1.82) is 0 Å². The maximum absolute atomic E-state index is 13.9. The summed E-state index contributed by atoms with van der Waals surface area (Å²) in [5.41, 5.74) is 1.96. The summed E-state index contributed by atoms with van der Waals surface area (Å²) in [6.45, 7) is 4.10. The zero-order chi connectivity index (χ0) is 17.1. The van der Waals surface area contributed by atoms with Gasteiger partial charge in [-0.15, -0.1) is 0 Å². The molecule has 0 spiro atoms. The van der Waals surface area contributed by atoms with Crippen LogP contribution in [0.1, 0.15) is 34.6 Å². The van der Waals surface area contributed by atoms with Crippen molar-refractivity contribution in [2.75, 3.05) is 20.1 Å².